The molecule has 0 saturated heterocycles. The van der Waals surface area contributed by atoms with E-state index in [2.05, 4.69) is 25.2 Å². The van der Waals surface area contributed by atoms with Crippen molar-refractivity contribution in [3.8, 4) is 0 Å². The maximum atomic E-state index is 12.4. The van der Waals surface area contributed by atoms with Crippen molar-refractivity contribution in [1.82, 2.24) is 4.47 Å². The van der Waals surface area contributed by atoms with Crippen LogP contribution in [0.25, 0.3) is 0 Å². The Labute approximate surface area is 144 Å². The summed E-state index contributed by atoms with van der Waals surface area (Å²) in [6, 6.07) is 11.8. The number of hydrogen-bond donors (Lipinski definition) is 0. The lowest BCUT2D eigenvalue weighted by molar-refractivity contribution is -0.155. The van der Waals surface area contributed by atoms with Crippen molar-refractivity contribution in [3.63, 3.8) is 0 Å². The minimum absolute atomic E-state index is 0.0786. The molecule has 2 rings (SSSR count). The third kappa shape index (κ3) is 3.71. The van der Waals surface area contributed by atoms with E-state index < -0.39 is 11.5 Å². The zero-order valence-corrected chi connectivity index (χ0v) is 15.4. The molecule has 0 radical (unpaired) electrons. The fourth-order valence-corrected chi connectivity index (χ4v) is 2.93. The maximum Gasteiger partial charge on any atom is 0.315 e. The number of carbonyl (C=O) groups is 1. The van der Waals surface area contributed by atoms with E-state index in [1.165, 1.54) is 7.11 Å². The summed E-state index contributed by atoms with van der Waals surface area (Å²) in [5.41, 5.74) is 0.0722. The number of esters is 1. The predicted molar refractivity (Wildman–Crippen MR) is 96.9 cm³/mol. The van der Waals surface area contributed by atoms with E-state index in [0.29, 0.717) is 0 Å². The van der Waals surface area contributed by atoms with Crippen LogP contribution in [0.3, 0.4) is 0 Å². The molecule has 0 aliphatic rings. The van der Waals surface area contributed by atoms with Crippen LogP contribution in [0.5, 0.6) is 0 Å². The molecule has 0 amide bonds. The molecule has 4 nitrogen and oxygen atoms in total. The molecule has 130 valence electrons. The van der Waals surface area contributed by atoms with Crippen LogP contribution in [-0.4, -0.2) is 24.2 Å². The Morgan fingerprint density at radius 3 is 2.25 bits per heavy atom. The highest BCUT2D eigenvalue weighted by Gasteiger charge is 2.38. The summed E-state index contributed by atoms with van der Waals surface area (Å²) < 4.78 is 13.6. The van der Waals surface area contributed by atoms with Crippen molar-refractivity contribution in [1.29, 1.82) is 0 Å². The Morgan fingerprint density at radius 1 is 1.08 bits per heavy atom. The number of hydrogen-bond acceptors (Lipinski definition) is 3. The van der Waals surface area contributed by atoms with Gasteiger partial charge in [0.05, 0.1) is 18.6 Å². The molecule has 1 atom stereocenters. The second-order valence-corrected chi connectivity index (χ2v) is 7.64. The lowest BCUT2D eigenvalue weighted by Crippen LogP contribution is -2.41. The first-order valence-corrected chi connectivity index (χ1v) is 8.27. The van der Waals surface area contributed by atoms with E-state index in [1.807, 2.05) is 62.4 Å². The van der Waals surface area contributed by atoms with E-state index in [9.17, 15) is 4.79 Å². The molecule has 0 spiro atoms. The van der Waals surface area contributed by atoms with Gasteiger partial charge in [-0.1, -0.05) is 36.4 Å². The normalized spacial score (nSPS) is 13.4. The lowest BCUT2D eigenvalue weighted by atomic mass is 9.81. The van der Waals surface area contributed by atoms with Gasteiger partial charge in [-0.15, -0.1) is 0 Å². The molecule has 0 aliphatic carbocycles. The van der Waals surface area contributed by atoms with Crippen LogP contribution in [-0.2, 0) is 15.1 Å². The first kappa shape index (κ1) is 18.3. The van der Waals surface area contributed by atoms with E-state index in [-0.39, 0.29) is 18.2 Å². The van der Waals surface area contributed by atoms with Crippen molar-refractivity contribution in [2.24, 2.45) is 5.41 Å². The average Bonchev–Trinajstić information content (AvgIpc) is 3.01. The Kier molecular flexibility index (Phi) is 5.21. The van der Waals surface area contributed by atoms with Crippen LogP contribution in [0.1, 0.15) is 46.3 Å². The first-order chi connectivity index (χ1) is 11.2. The van der Waals surface area contributed by atoms with Gasteiger partial charge in [-0.25, -0.2) is 5.96 Å². The monoisotopic (exact) mass is 328 g/mol. The molecule has 1 aromatic heterocycles. The smallest absolute Gasteiger partial charge is 0.315 e. The standard InChI is InChI=1S/C19H27BNO3/c1-18(2,3)21-14-10-13-20(21)24-16(15-11-8-7-9-12-15)19(4,5)17(22)23-6/h7-14,16H,1-6H3/q-1/t16-/m0/s1. The zero-order chi connectivity index (χ0) is 18.0. The van der Waals surface area contributed by atoms with Gasteiger partial charge in [0.25, 0.3) is 0 Å². The number of nitrogens with zero attached hydrogens (tertiary/aromatic N) is 1. The molecule has 2 aromatic rings. The summed E-state index contributed by atoms with van der Waals surface area (Å²) in [6.45, 7) is 9.90. The quantitative estimate of drug-likeness (QED) is 0.787. The van der Waals surface area contributed by atoms with Gasteiger partial charge >= 0.3 is 5.97 Å². The van der Waals surface area contributed by atoms with Crippen molar-refractivity contribution in [2.45, 2.75) is 46.3 Å². The Balaban J connectivity index is 2.46. The van der Waals surface area contributed by atoms with Gasteiger partial charge < -0.3 is 13.9 Å². The fourth-order valence-electron chi connectivity index (χ4n) is 2.93. The van der Waals surface area contributed by atoms with Gasteiger partial charge in [-0.2, -0.15) is 0 Å². The van der Waals surface area contributed by atoms with E-state index in [1.54, 1.807) is 0 Å². The largest absolute Gasteiger partial charge is 0.730 e. The summed E-state index contributed by atoms with van der Waals surface area (Å²) in [5.74, 6) is 1.72. The number of rotatable bonds is 5. The maximum absolute atomic E-state index is 12.4. The summed E-state index contributed by atoms with van der Waals surface area (Å²) in [5, 5.41) is 0. The molecule has 0 N–H and O–H groups in total. The number of methoxy groups -OCH3 is 1. The van der Waals surface area contributed by atoms with Crippen LogP contribution in [0.4, 0.5) is 0 Å². The van der Waals surface area contributed by atoms with Crippen LogP contribution < -0.4 is 4.65 Å². The Morgan fingerprint density at radius 2 is 1.71 bits per heavy atom. The lowest BCUT2D eigenvalue weighted by Gasteiger charge is -2.42. The first-order valence-electron chi connectivity index (χ1n) is 8.27. The van der Waals surface area contributed by atoms with Gasteiger partial charge in [-0.05, 0) is 51.9 Å². The molecule has 0 saturated carbocycles. The summed E-state index contributed by atoms with van der Waals surface area (Å²) in [6.07, 6.45) is 1.61. The number of carbonyl (C=O) groups excluding carboxylic acids is 1. The highest BCUT2D eigenvalue weighted by atomic mass is 16.5. The highest BCUT2D eigenvalue weighted by Crippen LogP contribution is 2.36. The van der Waals surface area contributed by atoms with Gasteiger partial charge in [0, 0.05) is 0 Å². The van der Waals surface area contributed by atoms with E-state index in [0.717, 1.165) is 5.56 Å². The molecule has 0 bridgehead atoms. The molecular formula is C19H27BNO3-. The SMILES string of the molecule is COC(=O)C(C)(C)[C@@H](O[b-]1cccn1C(C)(C)C)c1ccccc1. The molecule has 0 aliphatic heterocycles. The number of benzene rings is 1. The molecule has 0 unspecified atom stereocenters. The summed E-state index contributed by atoms with van der Waals surface area (Å²) in [7, 11) is 1.41. The molecule has 0 fully saturated rings. The van der Waals surface area contributed by atoms with Crippen molar-refractivity contribution in [2.75, 3.05) is 7.11 Å². The molecule has 1 aromatic carbocycles. The van der Waals surface area contributed by atoms with Crippen molar-refractivity contribution >= 4 is 12.7 Å². The molecule has 5 heteroatoms. The molecule has 1 heterocycles. The van der Waals surface area contributed by atoms with Gasteiger partial charge in [-0.3, -0.25) is 4.79 Å². The number of ether oxygens (including phenoxy) is 1. The fraction of sp³-hybridized carbons (Fsp3) is 0.474. The highest BCUT2D eigenvalue weighted by molar-refractivity contribution is 6.39. The van der Waals surface area contributed by atoms with Crippen LogP contribution in [0.15, 0.2) is 48.6 Å². The summed E-state index contributed by atoms with van der Waals surface area (Å²) >= 11 is 0. The van der Waals surface area contributed by atoms with Gasteiger partial charge in [0.2, 0.25) is 0 Å². The zero-order valence-electron chi connectivity index (χ0n) is 15.4. The average molecular weight is 328 g/mol. The molecular weight excluding hydrogens is 301 g/mol. The minimum atomic E-state index is -0.809. The second kappa shape index (κ2) is 6.84. The Bertz CT molecular complexity index is 686. The second-order valence-electron chi connectivity index (χ2n) is 7.64. The summed E-state index contributed by atoms with van der Waals surface area (Å²) in [4.78, 5) is 12.4. The van der Waals surface area contributed by atoms with Gasteiger partial charge in [0.15, 0.2) is 6.69 Å². The van der Waals surface area contributed by atoms with Crippen LogP contribution in [0, 0.1) is 5.41 Å². The third-order valence-electron chi connectivity index (χ3n) is 4.32. The van der Waals surface area contributed by atoms with Crippen molar-refractivity contribution < 1.29 is 14.2 Å². The molecule has 24 heavy (non-hydrogen) atoms. The van der Waals surface area contributed by atoms with Crippen molar-refractivity contribution in [3.05, 3.63) is 54.1 Å². The van der Waals surface area contributed by atoms with Gasteiger partial charge in [0.1, 0.15) is 0 Å². The minimum Gasteiger partial charge on any atom is -0.730 e. The van der Waals surface area contributed by atoms with Crippen LogP contribution in [0.2, 0.25) is 0 Å². The van der Waals surface area contributed by atoms with Crippen LogP contribution >= 0.6 is 0 Å². The van der Waals surface area contributed by atoms with E-state index in [4.69, 9.17) is 9.39 Å². The third-order valence-corrected chi connectivity index (χ3v) is 4.32. The number of aromatic nitrogens is 1. The van der Waals surface area contributed by atoms with E-state index >= 15 is 0 Å². The predicted octanol–water partition coefficient (Wildman–Crippen LogP) is 3.64. The topological polar surface area (TPSA) is 40.5 Å². The Hall–Kier alpha value is -2.04.